The summed E-state index contributed by atoms with van der Waals surface area (Å²) in [5.41, 5.74) is 3.10. The van der Waals surface area contributed by atoms with Crippen molar-refractivity contribution in [3.63, 3.8) is 0 Å². The van der Waals surface area contributed by atoms with E-state index in [1.165, 1.54) is 30.5 Å². The molecule has 0 spiro atoms. The number of non-ortho nitro benzene ring substituents is 1. The maximum Gasteiger partial charge on any atom is 0.271 e. The second-order valence-corrected chi connectivity index (χ2v) is 8.38. The third-order valence-electron chi connectivity index (χ3n) is 4.22. The van der Waals surface area contributed by atoms with Gasteiger partial charge in [0.25, 0.3) is 17.5 Å². The number of anilines is 1. The first-order chi connectivity index (χ1) is 16.2. The minimum Gasteiger partial charge on any atom is -0.483 e. The Balaban J connectivity index is 1.63. The molecule has 0 aromatic heterocycles. The van der Waals surface area contributed by atoms with E-state index >= 15 is 0 Å². The molecule has 9 nitrogen and oxygen atoms in total. The number of hydrogen-bond donors (Lipinski definition) is 2. The Kier molecular flexibility index (Phi) is 8.58. The fraction of sp³-hybridized carbons (Fsp3) is 0.0455. The van der Waals surface area contributed by atoms with Crippen LogP contribution in [-0.4, -0.2) is 29.6 Å². The molecule has 0 heterocycles. The first-order valence-electron chi connectivity index (χ1n) is 9.48. The van der Waals surface area contributed by atoms with Crippen molar-refractivity contribution in [3.05, 3.63) is 96.4 Å². The van der Waals surface area contributed by atoms with Crippen molar-refractivity contribution in [3.8, 4) is 5.75 Å². The number of rotatable bonds is 8. The molecular weight excluding hydrogens is 551 g/mol. The third kappa shape index (κ3) is 7.01. The van der Waals surface area contributed by atoms with Crippen LogP contribution in [0, 0.1) is 10.1 Å². The second kappa shape index (κ2) is 11.6. The number of nitrogens with zero attached hydrogens (tertiary/aromatic N) is 2. The number of halogens is 3. The fourth-order valence-corrected chi connectivity index (χ4v) is 3.33. The van der Waals surface area contributed by atoms with Crippen LogP contribution in [0.15, 0.2) is 70.2 Å². The lowest BCUT2D eigenvalue weighted by molar-refractivity contribution is -0.384. The number of nitro groups is 1. The highest BCUT2D eigenvalue weighted by Crippen LogP contribution is 2.25. The highest BCUT2D eigenvalue weighted by atomic mass is 79.9. The zero-order chi connectivity index (χ0) is 24.7. The summed E-state index contributed by atoms with van der Waals surface area (Å²) in [6, 6.07) is 15.0. The Hall–Kier alpha value is -3.47. The van der Waals surface area contributed by atoms with Crippen LogP contribution in [-0.2, 0) is 4.79 Å². The smallest absolute Gasteiger partial charge is 0.271 e. The van der Waals surface area contributed by atoms with Crippen molar-refractivity contribution in [2.24, 2.45) is 5.10 Å². The van der Waals surface area contributed by atoms with Gasteiger partial charge < -0.3 is 10.1 Å². The van der Waals surface area contributed by atoms with E-state index in [-0.39, 0.29) is 17.9 Å². The van der Waals surface area contributed by atoms with Gasteiger partial charge >= 0.3 is 0 Å². The molecule has 12 heteroatoms. The average Bonchev–Trinajstić information content (AvgIpc) is 2.81. The zero-order valence-electron chi connectivity index (χ0n) is 17.1. The minimum absolute atomic E-state index is 0.0797. The Labute approximate surface area is 212 Å². The van der Waals surface area contributed by atoms with Gasteiger partial charge in [-0.1, -0.05) is 45.2 Å². The summed E-state index contributed by atoms with van der Waals surface area (Å²) in [6.45, 7) is -0.303. The Bertz CT molecular complexity index is 1290. The molecule has 174 valence electrons. The van der Waals surface area contributed by atoms with Gasteiger partial charge in [-0.05, 0) is 42.5 Å². The molecule has 3 aromatic carbocycles. The molecule has 0 aliphatic rings. The second-order valence-electron chi connectivity index (χ2n) is 6.65. The number of hydrogen-bond acceptors (Lipinski definition) is 6. The molecule has 3 rings (SSSR count). The summed E-state index contributed by atoms with van der Waals surface area (Å²) in [6.07, 6.45) is 1.33. The summed E-state index contributed by atoms with van der Waals surface area (Å²) in [5, 5.41) is 18.1. The summed E-state index contributed by atoms with van der Waals surface area (Å²) in [5.74, 6) is -0.720. The fourth-order valence-electron chi connectivity index (χ4n) is 2.65. The van der Waals surface area contributed by atoms with Gasteiger partial charge in [0.15, 0.2) is 6.61 Å². The van der Waals surface area contributed by atoms with Crippen molar-refractivity contribution in [1.82, 2.24) is 5.43 Å². The first kappa shape index (κ1) is 25.2. The van der Waals surface area contributed by atoms with Crippen LogP contribution in [0.5, 0.6) is 5.75 Å². The molecule has 0 atom stereocenters. The van der Waals surface area contributed by atoms with Crippen LogP contribution in [0.1, 0.15) is 15.9 Å². The van der Waals surface area contributed by atoms with Gasteiger partial charge in [-0.3, -0.25) is 19.7 Å². The van der Waals surface area contributed by atoms with E-state index in [4.69, 9.17) is 27.9 Å². The van der Waals surface area contributed by atoms with Gasteiger partial charge in [-0.2, -0.15) is 5.10 Å². The third-order valence-corrected chi connectivity index (χ3v) is 5.46. The van der Waals surface area contributed by atoms with Crippen molar-refractivity contribution < 1.29 is 19.2 Å². The minimum atomic E-state index is -0.626. The number of carbonyl (C=O) groups is 2. The number of benzene rings is 3. The maximum atomic E-state index is 12.2. The molecule has 2 N–H and O–H groups in total. The molecule has 0 saturated heterocycles. The molecule has 0 aliphatic heterocycles. The SMILES string of the molecule is O=C(COc1ccc(Br)cc1/C=N/NC(=O)c1cccc([N+](=O)[O-])c1)Nc1ccc(Cl)c(Cl)c1. The largest absolute Gasteiger partial charge is 0.483 e. The van der Waals surface area contributed by atoms with E-state index in [0.717, 1.165) is 6.07 Å². The van der Waals surface area contributed by atoms with Gasteiger partial charge in [0, 0.05) is 33.4 Å². The first-order valence-corrected chi connectivity index (χ1v) is 11.0. The van der Waals surface area contributed by atoms with Gasteiger partial charge in [0.05, 0.1) is 21.2 Å². The molecule has 34 heavy (non-hydrogen) atoms. The molecule has 0 radical (unpaired) electrons. The lowest BCUT2D eigenvalue weighted by atomic mass is 10.2. The molecule has 2 amide bonds. The number of nitrogens with one attached hydrogen (secondary N) is 2. The summed E-state index contributed by atoms with van der Waals surface area (Å²) in [4.78, 5) is 34.7. The molecule has 0 bridgehead atoms. The van der Waals surface area contributed by atoms with Gasteiger partial charge in [-0.25, -0.2) is 5.43 Å². The molecule has 0 aliphatic carbocycles. The predicted molar refractivity (Wildman–Crippen MR) is 133 cm³/mol. The van der Waals surface area contributed by atoms with Crippen molar-refractivity contribution >= 4 is 68.5 Å². The lowest BCUT2D eigenvalue weighted by Crippen LogP contribution is -2.20. The van der Waals surface area contributed by atoms with Crippen molar-refractivity contribution in [1.29, 1.82) is 0 Å². The molecular formula is C22H15BrCl2N4O5. The number of amides is 2. The Morgan fingerprint density at radius 3 is 2.62 bits per heavy atom. The number of ether oxygens (including phenoxy) is 1. The van der Waals surface area contributed by atoms with Crippen LogP contribution >= 0.6 is 39.1 Å². The van der Waals surface area contributed by atoms with E-state index in [1.54, 1.807) is 30.3 Å². The standard InChI is InChI=1S/C22H15BrCl2N4O5/c23-15-4-7-20(34-12-21(30)27-16-5-6-18(24)19(25)10-16)14(8-15)11-26-28-22(31)13-2-1-3-17(9-13)29(32)33/h1-11H,12H2,(H,27,30)(H,28,31)/b26-11+. The maximum absolute atomic E-state index is 12.2. The van der Waals surface area contributed by atoms with Gasteiger partial charge in [0.2, 0.25) is 0 Å². The predicted octanol–water partition coefficient (Wildman–Crippen LogP) is 5.45. The quantitative estimate of drug-likeness (QED) is 0.214. The topological polar surface area (TPSA) is 123 Å². The number of hydrazone groups is 1. The summed E-state index contributed by atoms with van der Waals surface area (Å²) in [7, 11) is 0. The van der Waals surface area contributed by atoms with E-state index in [2.05, 4.69) is 31.8 Å². The van der Waals surface area contributed by atoms with Crippen LogP contribution in [0.25, 0.3) is 0 Å². The highest BCUT2D eigenvalue weighted by Gasteiger charge is 2.12. The average molecular weight is 566 g/mol. The van der Waals surface area contributed by atoms with E-state index < -0.39 is 16.7 Å². The highest BCUT2D eigenvalue weighted by molar-refractivity contribution is 9.10. The Morgan fingerprint density at radius 1 is 1.09 bits per heavy atom. The van der Waals surface area contributed by atoms with Gasteiger partial charge in [0.1, 0.15) is 5.75 Å². The number of nitro benzene ring substituents is 1. The molecule has 3 aromatic rings. The number of carbonyl (C=O) groups excluding carboxylic acids is 2. The normalized spacial score (nSPS) is 10.7. The molecule has 0 unspecified atom stereocenters. The van der Waals surface area contributed by atoms with Crippen LogP contribution in [0.3, 0.4) is 0 Å². The van der Waals surface area contributed by atoms with E-state index in [9.17, 15) is 19.7 Å². The van der Waals surface area contributed by atoms with E-state index in [0.29, 0.717) is 31.5 Å². The summed E-state index contributed by atoms with van der Waals surface area (Å²) < 4.78 is 6.31. The van der Waals surface area contributed by atoms with Crippen LogP contribution < -0.4 is 15.5 Å². The van der Waals surface area contributed by atoms with Crippen molar-refractivity contribution in [2.45, 2.75) is 0 Å². The molecule has 0 fully saturated rings. The van der Waals surface area contributed by atoms with Gasteiger partial charge in [-0.15, -0.1) is 0 Å². The van der Waals surface area contributed by atoms with Crippen molar-refractivity contribution in [2.75, 3.05) is 11.9 Å². The zero-order valence-corrected chi connectivity index (χ0v) is 20.2. The summed E-state index contributed by atoms with van der Waals surface area (Å²) >= 11 is 15.2. The molecule has 0 saturated carbocycles. The lowest BCUT2D eigenvalue weighted by Gasteiger charge is -2.10. The monoisotopic (exact) mass is 564 g/mol. The van der Waals surface area contributed by atoms with E-state index in [1.807, 2.05) is 0 Å². The Morgan fingerprint density at radius 2 is 1.88 bits per heavy atom. The van der Waals surface area contributed by atoms with Crippen LogP contribution in [0.4, 0.5) is 11.4 Å². The van der Waals surface area contributed by atoms with Crippen LogP contribution in [0.2, 0.25) is 10.0 Å².